The van der Waals surface area contributed by atoms with Crippen molar-refractivity contribution in [3.05, 3.63) is 64.5 Å². The van der Waals surface area contributed by atoms with Gasteiger partial charge in [-0.1, -0.05) is 18.7 Å². The third-order valence-electron chi connectivity index (χ3n) is 3.52. The van der Waals surface area contributed by atoms with Crippen molar-refractivity contribution < 1.29 is 4.74 Å². The zero-order chi connectivity index (χ0) is 14.7. The van der Waals surface area contributed by atoms with Gasteiger partial charge in [0.05, 0.1) is 5.52 Å². The molecule has 0 atom stereocenters. The van der Waals surface area contributed by atoms with E-state index < -0.39 is 0 Å². The van der Waals surface area contributed by atoms with Gasteiger partial charge in [-0.05, 0) is 38.0 Å². The number of hydrogen-bond donors (Lipinski definition) is 1. The van der Waals surface area contributed by atoms with Crippen LogP contribution in [0.1, 0.15) is 16.7 Å². The maximum Gasteiger partial charge on any atom is 0.251 e. The molecule has 20 heavy (non-hydrogen) atoms. The normalized spacial score (nSPS) is 10.5. The zero-order valence-corrected chi connectivity index (χ0v) is 12.0. The van der Waals surface area contributed by atoms with Crippen LogP contribution in [0, 0.1) is 13.8 Å². The lowest BCUT2D eigenvalue weighted by Gasteiger charge is -2.14. The first-order valence-electron chi connectivity index (χ1n) is 6.59. The Hall–Kier alpha value is -2.29. The minimum atomic E-state index is -0.0545. The summed E-state index contributed by atoms with van der Waals surface area (Å²) in [5.41, 5.74) is 3.49. The van der Waals surface area contributed by atoms with Crippen molar-refractivity contribution >= 4 is 10.9 Å². The molecule has 0 fully saturated rings. The molecule has 2 aromatic rings. The van der Waals surface area contributed by atoms with Crippen molar-refractivity contribution in [3.8, 4) is 5.75 Å². The van der Waals surface area contributed by atoms with Crippen LogP contribution in [0.15, 0.2) is 42.2 Å². The van der Waals surface area contributed by atoms with Gasteiger partial charge in [-0.3, -0.25) is 4.79 Å². The van der Waals surface area contributed by atoms with Gasteiger partial charge in [0.25, 0.3) is 5.56 Å². The molecule has 0 saturated heterocycles. The molecule has 1 N–H and O–H groups in total. The number of rotatable bonds is 5. The summed E-state index contributed by atoms with van der Waals surface area (Å²) in [6.45, 7) is 11.7. The molecule has 1 aromatic heterocycles. The molecule has 0 spiro atoms. The molecule has 0 radical (unpaired) electrons. The van der Waals surface area contributed by atoms with Gasteiger partial charge in [0.15, 0.2) is 0 Å². The van der Waals surface area contributed by atoms with E-state index >= 15 is 0 Å². The number of allylic oxidation sites excluding steroid dienone is 1. The van der Waals surface area contributed by atoms with E-state index in [0.717, 1.165) is 33.3 Å². The molecular formula is C17H19NO2. The second kappa shape index (κ2) is 5.78. The summed E-state index contributed by atoms with van der Waals surface area (Å²) in [5, 5.41) is 1.05. The van der Waals surface area contributed by atoms with Crippen LogP contribution in [0.2, 0.25) is 0 Å². The van der Waals surface area contributed by atoms with Gasteiger partial charge in [0.1, 0.15) is 12.4 Å². The number of aromatic amines is 1. The number of nitrogens with one attached hydrogen (secondary N) is 1. The Labute approximate surface area is 118 Å². The third kappa shape index (κ3) is 2.39. The molecule has 0 amide bonds. The smallest absolute Gasteiger partial charge is 0.251 e. The van der Waals surface area contributed by atoms with Crippen molar-refractivity contribution in [1.29, 1.82) is 0 Å². The molecule has 2 rings (SSSR count). The van der Waals surface area contributed by atoms with Gasteiger partial charge in [-0.15, -0.1) is 6.58 Å². The van der Waals surface area contributed by atoms with Gasteiger partial charge in [0.2, 0.25) is 0 Å². The summed E-state index contributed by atoms with van der Waals surface area (Å²) in [5.74, 6) is 0.760. The largest absolute Gasteiger partial charge is 0.489 e. The Morgan fingerprint density at radius 1 is 1.20 bits per heavy atom. The van der Waals surface area contributed by atoms with Crippen molar-refractivity contribution in [3.63, 3.8) is 0 Å². The molecule has 0 saturated carbocycles. The van der Waals surface area contributed by atoms with E-state index in [4.69, 9.17) is 4.74 Å². The van der Waals surface area contributed by atoms with Crippen LogP contribution in [0.4, 0.5) is 0 Å². The number of aryl methyl sites for hydroxylation is 1. The minimum Gasteiger partial charge on any atom is -0.489 e. The fourth-order valence-corrected chi connectivity index (χ4v) is 2.29. The first kappa shape index (κ1) is 14.1. The highest BCUT2D eigenvalue weighted by Gasteiger charge is 2.12. The standard InChI is InChI=1S/C17H19NO2/c1-5-7-14-15(20-10-6-2)9-8-13-11(3)12(4)17(19)18-16(13)14/h5-6,8-9H,1-2,7,10H2,3-4H3,(H,18,19). The maximum absolute atomic E-state index is 12.0. The van der Waals surface area contributed by atoms with Gasteiger partial charge in [-0.2, -0.15) is 0 Å². The molecule has 0 aliphatic heterocycles. The number of aromatic nitrogens is 1. The lowest BCUT2D eigenvalue weighted by Crippen LogP contribution is -2.13. The van der Waals surface area contributed by atoms with Gasteiger partial charge in [0, 0.05) is 16.5 Å². The summed E-state index contributed by atoms with van der Waals surface area (Å²) >= 11 is 0. The van der Waals surface area contributed by atoms with Crippen LogP contribution in [0.25, 0.3) is 10.9 Å². The van der Waals surface area contributed by atoms with Gasteiger partial charge >= 0.3 is 0 Å². The highest BCUT2D eigenvalue weighted by molar-refractivity contribution is 5.87. The molecule has 0 unspecified atom stereocenters. The molecule has 1 heterocycles. The Bertz CT molecular complexity index is 726. The zero-order valence-electron chi connectivity index (χ0n) is 12.0. The number of pyridine rings is 1. The number of fused-ring (bicyclic) bond motifs is 1. The second-order valence-corrected chi connectivity index (χ2v) is 4.76. The van der Waals surface area contributed by atoms with E-state index in [0.29, 0.717) is 13.0 Å². The number of benzene rings is 1. The predicted octanol–water partition coefficient (Wildman–Crippen LogP) is 3.44. The fourth-order valence-electron chi connectivity index (χ4n) is 2.29. The van der Waals surface area contributed by atoms with Crippen molar-refractivity contribution in [2.75, 3.05) is 6.61 Å². The Morgan fingerprint density at radius 3 is 2.60 bits per heavy atom. The lowest BCUT2D eigenvalue weighted by molar-refractivity contribution is 0.360. The first-order chi connectivity index (χ1) is 9.60. The van der Waals surface area contributed by atoms with Crippen LogP contribution in [0.5, 0.6) is 5.75 Å². The average molecular weight is 269 g/mol. The molecular weight excluding hydrogens is 250 g/mol. The second-order valence-electron chi connectivity index (χ2n) is 4.76. The first-order valence-corrected chi connectivity index (χ1v) is 6.59. The Morgan fingerprint density at radius 2 is 1.95 bits per heavy atom. The van der Waals surface area contributed by atoms with Crippen molar-refractivity contribution in [2.45, 2.75) is 20.3 Å². The van der Waals surface area contributed by atoms with E-state index in [1.54, 1.807) is 6.08 Å². The monoisotopic (exact) mass is 269 g/mol. The van der Waals surface area contributed by atoms with Crippen LogP contribution in [-0.2, 0) is 6.42 Å². The molecule has 0 aliphatic carbocycles. The van der Waals surface area contributed by atoms with E-state index in [9.17, 15) is 4.79 Å². The summed E-state index contributed by atoms with van der Waals surface area (Å²) in [4.78, 5) is 15.0. The maximum atomic E-state index is 12.0. The quantitative estimate of drug-likeness (QED) is 0.845. The SMILES string of the molecule is C=CCOc1ccc2c(C)c(C)c(=O)[nH]c2c1CC=C. The Balaban J connectivity index is 2.76. The van der Waals surface area contributed by atoms with Gasteiger partial charge in [-0.25, -0.2) is 0 Å². The number of hydrogen-bond acceptors (Lipinski definition) is 2. The molecule has 104 valence electrons. The van der Waals surface area contributed by atoms with Crippen LogP contribution in [0.3, 0.4) is 0 Å². The minimum absolute atomic E-state index is 0.0545. The summed E-state index contributed by atoms with van der Waals surface area (Å²) in [6, 6.07) is 3.92. The molecule has 0 bridgehead atoms. The van der Waals surface area contributed by atoms with E-state index in [-0.39, 0.29) is 5.56 Å². The lowest BCUT2D eigenvalue weighted by atomic mass is 10.00. The fraction of sp³-hybridized carbons (Fsp3) is 0.235. The van der Waals surface area contributed by atoms with Crippen molar-refractivity contribution in [1.82, 2.24) is 4.98 Å². The summed E-state index contributed by atoms with van der Waals surface area (Å²) in [7, 11) is 0. The molecule has 3 heteroatoms. The third-order valence-corrected chi connectivity index (χ3v) is 3.52. The number of H-pyrrole nitrogens is 1. The predicted molar refractivity (Wildman–Crippen MR) is 83.6 cm³/mol. The number of ether oxygens (including phenoxy) is 1. The van der Waals surface area contributed by atoms with E-state index in [1.807, 2.05) is 32.1 Å². The molecule has 3 nitrogen and oxygen atoms in total. The summed E-state index contributed by atoms with van der Waals surface area (Å²) < 4.78 is 5.67. The average Bonchev–Trinajstić information content (AvgIpc) is 2.44. The Kier molecular flexibility index (Phi) is 4.08. The van der Waals surface area contributed by atoms with Gasteiger partial charge < -0.3 is 9.72 Å². The highest BCUT2D eigenvalue weighted by Crippen LogP contribution is 2.29. The van der Waals surface area contributed by atoms with Crippen LogP contribution < -0.4 is 10.3 Å². The van der Waals surface area contributed by atoms with E-state index in [2.05, 4.69) is 18.1 Å². The topological polar surface area (TPSA) is 42.1 Å². The van der Waals surface area contributed by atoms with E-state index in [1.165, 1.54) is 0 Å². The molecule has 1 aromatic carbocycles. The highest BCUT2D eigenvalue weighted by atomic mass is 16.5. The van der Waals surface area contributed by atoms with Crippen LogP contribution in [-0.4, -0.2) is 11.6 Å². The van der Waals surface area contributed by atoms with Crippen LogP contribution >= 0.6 is 0 Å². The van der Waals surface area contributed by atoms with Crippen molar-refractivity contribution in [2.24, 2.45) is 0 Å². The molecule has 0 aliphatic rings. The summed E-state index contributed by atoms with van der Waals surface area (Å²) in [6.07, 6.45) is 4.15.